The molecule has 0 aromatic carbocycles. The molecule has 0 saturated carbocycles. The Kier molecular flexibility index (Phi) is 3.32. The molecule has 2 aromatic rings. The van der Waals surface area contributed by atoms with Crippen LogP contribution < -0.4 is 0 Å². The van der Waals surface area contributed by atoms with Crippen molar-refractivity contribution in [2.75, 3.05) is 13.1 Å². The van der Waals surface area contributed by atoms with Crippen LogP contribution in [0.5, 0.6) is 5.88 Å². The Morgan fingerprint density at radius 3 is 3.00 bits per heavy atom. The average molecular weight is 288 g/mol. The first-order valence-electron chi connectivity index (χ1n) is 6.85. The molecule has 1 unspecified atom stereocenters. The van der Waals surface area contributed by atoms with E-state index >= 15 is 0 Å². The van der Waals surface area contributed by atoms with E-state index in [0.717, 1.165) is 18.5 Å². The Morgan fingerprint density at radius 2 is 2.24 bits per heavy atom. The first kappa shape index (κ1) is 13.5. The summed E-state index contributed by atoms with van der Waals surface area (Å²) >= 11 is 0. The number of aromatic hydroxyl groups is 1. The molecule has 0 bridgehead atoms. The smallest absolute Gasteiger partial charge is 0.407 e. The lowest BCUT2D eigenvalue weighted by atomic mass is 9.94. The maximum atomic E-state index is 11.1. The van der Waals surface area contributed by atoms with E-state index in [9.17, 15) is 9.90 Å². The molecular formula is C14H16N4O3. The molecule has 3 heterocycles. The first-order valence-corrected chi connectivity index (χ1v) is 6.85. The predicted octanol–water partition coefficient (Wildman–Crippen LogP) is 1.90. The second-order valence-electron chi connectivity index (χ2n) is 5.29. The van der Waals surface area contributed by atoms with Crippen LogP contribution in [0.4, 0.5) is 4.79 Å². The van der Waals surface area contributed by atoms with E-state index in [1.54, 1.807) is 19.2 Å². The van der Waals surface area contributed by atoms with Gasteiger partial charge in [-0.25, -0.2) is 9.78 Å². The number of nitrogens with zero attached hydrogens (tertiary/aromatic N) is 4. The van der Waals surface area contributed by atoms with Gasteiger partial charge in [0.1, 0.15) is 5.82 Å². The Hall–Kier alpha value is -2.44. The number of hydrogen-bond donors (Lipinski definition) is 2. The number of likely N-dealkylation sites (tertiary alicyclic amines) is 1. The van der Waals surface area contributed by atoms with Gasteiger partial charge in [0, 0.05) is 24.7 Å². The molecular weight excluding hydrogens is 272 g/mol. The summed E-state index contributed by atoms with van der Waals surface area (Å²) < 4.78 is 0. The molecule has 1 atom stereocenters. The number of hydrogen-bond acceptors (Lipinski definition) is 5. The molecule has 2 N–H and O–H groups in total. The van der Waals surface area contributed by atoms with Crippen molar-refractivity contribution in [1.82, 2.24) is 19.9 Å². The highest BCUT2D eigenvalue weighted by molar-refractivity contribution is 5.82. The Balaban J connectivity index is 1.95. The minimum atomic E-state index is -0.901. The van der Waals surface area contributed by atoms with Gasteiger partial charge >= 0.3 is 6.09 Å². The van der Waals surface area contributed by atoms with Crippen LogP contribution in [0.15, 0.2) is 12.3 Å². The van der Waals surface area contributed by atoms with Gasteiger partial charge in [-0.2, -0.15) is 4.98 Å². The maximum absolute atomic E-state index is 11.1. The van der Waals surface area contributed by atoms with Crippen LogP contribution in [0.2, 0.25) is 0 Å². The van der Waals surface area contributed by atoms with Gasteiger partial charge in [0.15, 0.2) is 0 Å². The van der Waals surface area contributed by atoms with Crippen molar-refractivity contribution in [2.45, 2.75) is 25.7 Å². The summed E-state index contributed by atoms with van der Waals surface area (Å²) in [7, 11) is 0. The quantitative estimate of drug-likeness (QED) is 0.831. The normalized spacial score (nSPS) is 18.9. The zero-order valence-corrected chi connectivity index (χ0v) is 11.7. The molecule has 3 rings (SSSR count). The SMILES string of the molecule is Cc1nc(O)c2cc(C3CCCN(C(=O)O)C3)ncc2n1. The monoisotopic (exact) mass is 288 g/mol. The fourth-order valence-corrected chi connectivity index (χ4v) is 2.76. The van der Waals surface area contributed by atoms with Gasteiger partial charge in [-0.05, 0) is 25.8 Å². The van der Waals surface area contributed by atoms with Crippen molar-refractivity contribution in [3.63, 3.8) is 0 Å². The summed E-state index contributed by atoms with van der Waals surface area (Å²) in [4.78, 5) is 25.0. The number of carboxylic acid groups (broad SMARTS) is 1. The van der Waals surface area contributed by atoms with E-state index < -0.39 is 6.09 Å². The van der Waals surface area contributed by atoms with Gasteiger partial charge in [0.25, 0.3) is 0 Å². The maximum Gasteiger partial charge on any atom is 0.407 e. The summed E-state index contributed by atoms with van der Waals surface area (Å²) in [6.45, 7) is 2.70. The van der Waals surface area contributed by atoms with Crippen LogP contribution in [-0.4, -0.2) is 49.2 Å². The van der Waals surface area contributed by atoms with Crippen LogP contribution in [-0.2, 0) is 0 Å². The average Bonchev–Trinajstić information content (AvgIpc) is 2.47. The molecule has 1 saturated heterocycles. The van der Waals surface area contributed by atoms with Gasteiger partial charge < -0.3 is 15.1 Å². The second kappa shape index (κ2) is 5.16. The van der Waals surface area contributed by atoms with Gasteiger partial charge in [-0.3, -0.25) is 4.98 Å². The molecule has 21 heavy (non-hydrogen) atoms. The van der Waals surface area contributed by atoms with Crippen LogP contribution >= 0.6 is 0 Å². The standard InChI is InChI=1S/C14H16N4O3/c1-8-16-12-6-15-11(5-10(12)13(19)17-8)9-3-2-4-18(7-9)14(20)21/h5-6,9H,2-4,7H2,1H3,(H,20,21)(H,16,17,19). The molecule has 0 spiro atoms. The van der Waals surface area contributed by atoms with Gasteiger partial charge in [0.2, 0.25) is 5.88 Å². The summed E-state index contributed by atoms with van der Waals surface area (Å²) in [5.74, 6) is 0.469. The molecule has 1 aliphatic heterocycles. The Morgan fingerprint density at radius 1 is 1.43 bits per heavy atom. The summed E-state index contributed by atoms with van der Waals surface area (Å²) in [6, 6.07) is 1.76. The lowest BCUT2D eigenvalue weighted by Gasteiger charge is -2.30. The fraction of sp³-hybridized carbons (Fsp3) is 0.429. The minimum Gasteiger partial charge on any atom is -0.493 e. The highest BCUT2D eigenvalue weighted by atomic mass is 16.4. The predicted molar refractivity (Wildman–Crippen MR) is 75.3 cm³/mol. The van der Waals surface area contributed by atoms with E-state index in [2.05, 4.69) is 15.0 Å². The highest BCUT2D eigenvalue weighted by Crippen LogP contribution is 2.29. The number of amides is 1. The Labute approximate surface area is 121 Å². The number of aryl methyl sites for hydroxylation is 1. The molecule has 0 radical (unpaired) electrons. The van der Waals surface area contributed by atoms with E-state index in [4.69, 9.17) is 5.11 Å². The summed E-state index contributed by atoms with van der Waals surface area (Å²) in [6.07, 6.45) is 2.41. The molecule has 7 heteroatoms. The van der Waals surface area contributed by atoms with Gasteiger partial charge in [-0.15, -0.1) is 0 Å². The second-order valence-corrected chi connectivity index (χ2v) is 5.29. The molecule has 1 fully saturated rings. The number of pyridine rings is 1. The van der Waals surface area contributed by atoms with E-state index in [-0.39, 0.29) is 11.8 Å². The lowest BCUT2D eigenvalue weighted by Crippen LogP contribution is -2.38. The number of rotatable bonds is 1. The number of fused-ring (bicyclic) bond motifs is 1. The summed E-state index contributed by atoms with van der Waals surface area (Å²) in [5, 5.41) is 19.6. The van der Waals surface area contributed by atoms with Crippen molar-refractivity contribution in [3.05, 3.63) is 23.8 Å². The topological polar surface area (TPSA) is 99.4 Å². The Bertz CT molecular complexity index is 704. The number of piperidine rings is 1. The molecule has 110 valence electrons. The minimum absolute atomic E-state index is 0.0416. The molecule has 0 aliphatic carbocycles. The molecule has 2 aromatic heterocycles. The van der Waals surface area contributed by atoms with Crippen molar-refractivity contribution >= 4 is 17.0 Å². The number of carbonyl (C=O) groups is 1. The third kappa shape index (κ3) is 2.58. The van der Waals surface area contributed by atoms with Crippen LogP contribution in [0.25, 0.3) is 10.9 Å². The third-order valence-electron chi connectivity index (χ3n) is 3.81. The van der Waals surface area contributed by atoms with Crippen molar-refractivity contribution in [2.24, 2.45) is 0 Å². The van der Waals surface area contributed by atoms with Crippen LogP contribution in [0.1, 0.15) is 30.3 Å². The van der Waals surface area contributed by atoms with Gasteiger partial charge in [0.05, 0.1) is 17.1 Å². The lowest BCUT2D eigenvalue weighted by molar-refractivity contribution is 0.130. The first-order chi connectivity index (χ1) is 10.0. The van der Waals surface area contributed by atoms with Crippen molar-refractivity contribution < 1.29 is 15.0 Å². The van der Waals surface area contributed by atoms with Crippen molar-refractivity contribution in [1.29, 1.82) is 0 Å². The van der Waals surface area contributed by atoms with Crippen molar-refractivity contribution in [3.8, 4) is 5.88 Å². The molecule has 1 aliphatic rings. The molecule has 1 amide bonds. The molecule has 7 nitrogen and oxygen atoms in total. The van der Waals surface area contributed by atoms with Gasteiger partial charge in [-0.1, -0.05) is 0 Å². The van der Waals surface area contributed by atoms with E-state index in [1.165, 1.54) is 4.90 Å². The summed E-state index contributed by atoms with van der Waals surface area (Å²) in [5.41, 5.74) is 1.37. The van der Waals surface area contributed by atoms with Crippen LogP contribution in [0, 0.1) is 6.92 Å². The van der Waals surface area contributed by atoms with Crippen LogP contribution in [0.3, 0.4) is 0 Å². The zero-order valence-electron chi connectivity index (χ0n) is 11.7. The van der Waals surface area contributed by atoms with E-state index in [1.807, 2.05) is 0 Å². The fourth-order valence-electron chi connectivity index (χ4n) is 2.76. The highest BCUT2D eigenvalue weighted by Gasteiger charge is 2.25. The largest absolute Gasteiger partial charge is 0.493 e. The number of aromatic nitrogens is 3. The zero-order chi connectivity index (χ0) is 15.0. The van der Waals surface area contributed by atoms with E-state index in [0.29, 0.717) is 29.8 Å². The third-order valence-corrected chi connectivity index (χ3v) is 3.81.